The van der Waals surface area contributed by atoms with E-state index in [1.165, 1.54) is 38.5 Å². The van der Waals surface area contributed by atoms with Gasteiger partial charge in [-0.25, -0.2) is 14.2 Å². The first-order valence-electron chi connectivity index (χ1n) is 15.5. The number of hydrogen-bond acceptors (Lipinski definition) is 3. The second kappa shape index (κ2) is 10.2. The molecule has 2 amide bonds. The lowest BCUT2D eigenvalue weighted by atomic mass is 9.44. The molecule has 4 atom stereocenters. The van der Waals surface area contributed by atoms with E-state index in [0.29, 0.717) is 24.2 Å². The number of rotatable bonds is 11. The predicted molar refractivity (Wildman–Crippen MR) is 148 cm³/mol. The first kappa shape index (κ1) is 25.6. The van der Waals surface area contributed by atoms with Crippen molar-refractivity contribution in [2.24, 2.45) is 35.0 Å². The van der Waals surface area contributed by atoms with Crippen molar-refractivity contribution in [3.8, 4) is 11.3 Å². The number of unbranched alkanes of at least 4 members (excludes halogenated alkanes) is 2. The monoisotopic (exact) mass is 534 g/mol. The van der Waals surface area contributed by atoms with Gasteiger partial charge in [-0.2, -0.15) is 0 Å². The van der Waals surface area contributed by atoms with E-state index in [-0.39, 0.29) is 23.3 Å². The third-order valence-corrected chi connectivity index (χ3v) is 11.1. The Labute approximate surface area is 231 Å². The van der Waals surface area contributed by atoms with E-state index < -0.39 is 6.10 Å². The number of halogens is 1. The van der Waals surface area contributed by atoms with Crippen molar-refractivity contribution in [2.45, 2.75) is 89.2 Å². The highest BCUT2D eigenvalue weighted by molar-refractivity contribution is 5.73. The van der Waals surface area contributed by atoms with Crippen LogP contribution in [0.5, 0.6) is 0 Å². The lowest BCUT2D eigenvalue weighted by Gasteiger charge is -2.62. The number of fused-ring (bicyclic) bond motifs is 3. The van der Waals surface area contributed by atoms with Crippen LogP contribution in [0.3, 0.4) is 0 Å². The SMILES string of the molecule is O=C(NCCCCCC1C2CC3CC1CC(C(O)CC1c4c(F)cccc4-c4cncn41)(C3)C2)NCC1CC1. The molecule has 1 aromatic carbocycles. The fraction of sp³-hybridized carbons (Fsp3) is 0.688. The molecule has 5 aliphatic carbocycles. The number of aliphatic hydroxyl groups is 1. The molecular formula is C32H43FN4O2. The number of nitrogens with zero attached hydrogens (tertiary/aromatic N) is 2. The molecule has 5 fully saturated rings. The Bertz CT molecular complexity index is 1190. The van der Waals surface area contributed by atoms with Gasteiger partial charge >= 0.3 is 6.03 Å². The summed E-state index contributed by atoms with van der Waals surface area (Å²) in [4.78, 5) is 16.2. The summed E-state index contributed by atoms with van der Waals surface area (Å²) in [6, 6.07) is 5.11. The van der Waals surface area contributed by atoms with Crippen molar-refractivity contribution in [3.63, 3.8) is 0 Å². The number of carbonyl (C=O) groups excluding carboxylic acids is 1. The van der Waals surface area contributed by atoms with Gasteiger partial charge in [0, 0.05) is 24.2 Å². The summed E-state index contributed by atoms with van der Waals surface area (Å²) in [5, 5.41) is 17.8. The molecule has 0 saturated heterocycles. The van der Waals surface area contributed by atoms with Crippen molar-refractivity contribution in [1.29, 1.82) is 0 Å². The van der Waals surface area contributed by atoms with Gasteiger partial charge in [-0.15, -0.1) is 0 Å². The molecule has 39 heavy (non-hydrogen) atoms. The van der Waals surface area contributed by atoms with Crippen LogP contribution in [0.1, 0.15) is 88.7 Å². The van der Waals surface area contributed by atoms with Gasteiger partial charge in [0.15, 0.2) is 0 Å². The third kappa shape index (κ3) is 4.79. The Hall–Kier alpha value is -2.41. The van der Waals surface area contributed by atoms with Crippen LogP contribution in [0, 0.1) is 40.8 Å². The van der Waals surface area contributed by atoms with E-state index in [2.05, 4.69) is 20.2 Å². The van der Waals surface area contributed by atoms with Gasteiger partial charge in [-0.1, -0.05) is 25.0 Å². The van der Waals surface area contributed by atoms with Crippen molar-refractivity contribution >= 4 is 6.03 Å². The number of nitrogens with one attached hydrogen (secondary N) is 2. The van der Waals surface area contributed by atoms with Crippen molar-refractivity contribution < 1.29 is 14.3 Å². The van der Waals surface area contributed by atoms with Crippen molar-refractivity contribution in [3.05, 3.63) is 42.1 Å². The average Bonchev–Trinajstić information content (AvgIpc) is 3.53. The van der Waals surface area contributed by atoms with Gasteiger partial charge < -0.3 is 20.3 Å². The first-order chi connectivity index (χ1) is 19.0. The van der Waals surface area contributed by atoms with Gasteiger partial charge in [0.05, 0.1) is 30.4 Å². The number of aromatic nitrogens is 2. The van der Waals surface area contributed by atoms with Crippen LogP contribution in [0.15, 0.2) is 30.7 Å². The summed E-state index contributed by atoms with van der Waals surface area (Å²) in [6.45, 7) is 1.58. The molecule has 3 N–H and O–H groups in total. The van der Waals surface area contributed by atoms with Crippen LogP contribution in [-0.4, -0.2) is 39.9 Å². The summed E-state index contributed by atoms with van der Waals surface area (Å²) < 4.78 is 17.1. The highest BCUT2D eigenvalue weighted by Gasteiger charge is 2.57. The van der Waals surface area contributed by atoms with E-state index in [1.807, 2.05) is 12.3 Å². The van der Waals surface area contributed by atoms with E-state index in [1.54, 1.807) is 18.5 Å². The summed E-state index contributed by atoms with van der Waals surface area (Å²) in [5.41, 5.74) is 2.59. The Kier molecular flexibility index (Phi) is 6.69. The molecule has 5 saturated carbocycles. The molecule has 8 rings (SSSR count). The molecule has 2 heterocycles. The van der Waals surface area contributed by atoms with E-state index in [4.69, 9.17) is 0 Å². The molecule has 1 aliphatic heterocycles. The Morgan fingerprint density at radius 3 is 2.74 bits per heavy atom. The number of benzene rings is 1. The minimum absolute atomic E-state index is 0.0140. The summed E-state index contributed by atoms with van der Waals surface area (Å²) in [6.07, 6.45) is 17.0. The van der Waals surface area contributed by atoms with Crippen molar-refractivity contribution in [1.82, 2.24) is 20.2 Å². The van der Waals surface area contributed by atoms with Gasteiger partial charge in [-0.3, -0.25) is 0 Å². The number of hydrogen-bond donors (Lipinski definition) is 3. The molecular weight excluding hydrogens is 491 g/mol. The third-order valence-electron chi connectivity index (χ3n) is 11.1. The Morgan fingerprint density at radius 1 is 1.13 bits per heavy atom. The van der Waals surface area contributed by atoms with Crippen LogP contribution in [0.4, 0.5) is 9.18 Å². The lowest BCUT2D eigenvalue weighted by Crippen LogP contribution is -2.55. The van der Waals surface area contributed by atoms with Crippen LogP contribution >= 0.6 is 0 Å². The minimum Gasteiger partial charge on any atom is -0.392 e. The largest absolute Gasteiger partial charge is 0.392 e. The summed E-state index contributed by atoms with van der Waals surface area (Å²) in [7, 11) is 0. The maximum atomic E-state index is 15.0. The molecule has 2 aromatic rings. The topological polar surface area (TPSA) is 79.2 Å². The fourth-order valence-electron chi connectivity index (χ4n) is 9.27. The normalized spacial score (nSPS) is 32.6. The lowest BCUT2D eigenvalue weighted by molar-refractivity contribution is -0.152. The highest BCUT2D eigenvalue weighted by Crippen LogP contribution is 2.65. The van der Waals surface area contributed by atoms with Crippen LogP contribution in [-0.2, 0) is 0 Å². The van der Waals surface area contributed by atoms with Crippen LogP contribution in [0.2, 0.25) is 0 Å². The molecule has 7 heteroatoms. The number of imidazole rings is 1. The fourth-order valence-corrected chi connectivity index (χ4v) is 9.27. The zero-order chi connectivity index (χ0) is 26.6. The van der Waals surface area contributed by atoms with Gasteiger partial charge in [-0.05, 0) is 105 Å². The summed E-state index contributed by atoms with van der Waals surface area (Å²) >= 11 is 0. The Morgan fingerprint density at radius 2 is 1.95 bits per heavy atom. The minimum atomic E-state index is -0.422. The van der Waals surface area contributed by atoms with E-state index in [0.717, 1.165) is 73.9 Å². The Balaban J connectivity index is 0.936. The van der Waals surface area contributed by atoms with Gasteiger partial charge in [0.2, 0.25) is 0 Å². The van der Waals surface area contributed by atoms with E-state index >= 15 is 4.39 Å². The maximum absolute atomic E-state index is 15.0. The molecule has 4 unspecified atom stereocenters. The molecule has 0 spiro atoms. The van der Waals surface area contributed by atoms with Gasteiger partial charge in [0.1, 0.15) is 5.82 Å². The maximum Gasteiger partial charge on any atom is 0.314 e. The quantitative estimate of drug-likeness (QED) is 0.307. The molecule has 0 radical (unpaired) electrons. The van der Waals surface area contributed by atoms with Crippen molar-refractivity contribution in [2.75, 3.05) is 13.1 Å². The smallest absolute Gasteiger partial charge is 0.314 e. The van der Waals surface area contributed by atoms with E-state index in [9.17, 15) is 9.90 Å². The molecule has 6 nitrogen and oxygen atoms in total. The zero-order valence-corrected chi connectivity index (χ0v) is 23.0. The first-order valence-corrected chi connectivity index (χ1v) is 15.5. The van der Waals surface area contributed by atoms with Crippen LogP contribution in [0.25, 0.3) is 11.3 Å². The average molecular weight is 535 g/mol. The number of urea groups is 1. The molecule has 6 aliphatic rings. The van der Waals surface area contributed by atoms with Gasteiger partial charge in [0.25, 0.3) is 0 Å². The zero-order valence-electron chi connectivity index (χ0n) is 23.0. The second-order valence-electron chi connectivity index (χ2n) is 13.6. The number of amides is 2. The molecule has 210 valence electrons. The number of carbonyl (C=O) groups is 1. The molecule has 1 aromatic heterocycles. The predicted octanol–water partition coefficient (Wildman–Crippen LogP) is 6.06. The summed E-state index contributed by atoms with van der Waals surface area (Å²) in [5.74, 6) is 3.49. The second-order valence-corrected chi connectivity index (χ2v) is 13.6. The van der Waals surface area contributed by atoms with Crippen LogP contribution < -0.4 is 10.6 Å². The standard InChI is InChI=1S/C32H43FN4O2/c33-26-7-4-6-25-28-18-34-19-37(28)27(30(25)26)13-29(38)32-14-21-11-22(15-32)24(23(12-21)16-32)5-2-1-3-10-35-31(39)36-17-20-8-9-20/h4,6-7,18-24,27,29,38H,1-3,5,8-17H2,(H2,35,36,39). The number of aliphatic hydroxyl groups excluding tert-OH is 1. The highest BCUT2D eigenvalue weighted by atomic mass is 19.1. The molecule has 4 bridgehead atoms.